The standard InChI is InChI=1S/C14H23N3O/c1-6-13(16(3)4)10-17(5)14(18)12-8-7-11(2)15-9-12/h7-9,13H,6,10H2,1-5H3/t13-/m0/s1. The first kappa shape index (κ1) is 14.6. The first-order valence-electron chi connectivity index (χ1n) is 6.30. The fraction of sp³-hybridized carbons (Fsp3) is 0.571. The molecule has 18 heavy (non-hydrogen) atoms. The molecule has 0 bridgehead atoms. The van der Waals surface area contributed by atoms with Crippen molar-refractivity contribution in [2.45, 2.75) is 26.3 Å². The van der Waals surface area contributed by atoms with E-state index in [1.807, 2.05) is 40.2 Å². The molecule has 1 aromatic heterocycles. The molecule has 4 nitrogen and oxygen atoms in total. The highest BCUT2D eigenvalue weighted by molar-refractivity contribution is 5.93. The Morgan fingerprint density at radius 1 is 1.33 bits per heavy atom. The lowest BCUT2D eigenvalue weighted by molar-refractivity contribution is 0.0753. The minimum atomic E-state index is 0.0304. The number of nitrogens with zero attached hydrogens (tertiary/aromatic N) is 3. The summed E-state index contributed by atoms with van der Waals surface area (Å²) < 4.78 is 0. The van der Waals surface area contributed by atoms with Crippen molar-refractivity contribution in [1.29, 1.82) is 0 Å². The van der Waals surface area contributed by atoms with Crippen molar-refractivity contribution in [3.8, 4) is 0 Å². The number of aromatic nitrogens is 1. The van der Waals surface area contributed by atoms with E-state index in [0.717, 1.165) is 18.7 Å². The Labute approximate surface area is 110 Å². The molecule has 0 fully saturated rings. The maximum absolute atomic E-state index is 12.2. The van der Waals surface area contributed by atoms with Gasteiger partial charge in [0.05, 0.1) is 5.56 Å². The van der Waals surface area contributed by atoms with Gasteiger partial charge in [0.15, 0.2) is 0 Å². The highest BCUT2D eigenvalue weighted by atomic mass is 16.2. The van der Waals surface area contributed by atoms with Crippen molar-refractivity contribution in [1.82, 2.24) is 14.8 Å². The summed E-state index contributed by atoms with van der Waals surface area (Å²) in [5, 5.41) is 0. The second kappa shape index (κ2) is 6.50. The number of amides is 1. The number of likely N-dealkylation sites (N-methyl/N-ethyl adjacent to an activating group) is 2. The third-order valence-electron chi connectivity index (χ3n) is 3.19. The predicted octanol–water partition coefficient (Wildman–Crippen LogP) is 1.80. The maximum Gasteiger partial charge on any atom is 0.255 e. The summed E-state index contributed by atoms with van der Waals surface area (Å²) in [6, 6.07) is 4.08. The van der Waals surface area contributed by atoms with Crippen LogP contribution in [0.1, 0.15) is 29.4 Å². The van der Waals surface area contributed by atoms with Crippen LogP contribution in [0, 0.1) is 6.92 Å². The molecule has 1 atom stereocenters. The maximum atomic E-state index is 12.2. The Kier molecular flexibility index (Phi) is 5.28. The first-order valence-corrected chi connectivity index (χ1v) is 6.30. The van der Waals surface area contributed by atoms with Crippen LogP contribution in [0.2, 0.25) is 0 Å². The van der Waals surface area contributed by atoms with Crippen molar-refractivity contribution in [3.05, 3.63) is 29.6 Å². The normalized spacial score (nSPS) is 12.6. The molecule has 100 valence electrons. The largest absolute Gasteiger partial charge is 0.340 e. The molecule has 0 N–H and O–H groups in total. The molecule has 1 heterocycles. The number of rotatable bonds is 5. The molecule has 0 unspecified atom stereocenters. The zero-order valence-electron chi connectivity index (χ0n) is 12.0. The Morgan fingerprint density at radius 3 is 2.44 bits per heavy atom. The van der Waals surface area contributed by atoms with Gasteiger partial charge in [-0.15, -0.1) is 0 Å². The Bertz CT molecular complexity index is 387. The quantitative estimate of drug-likeness (QED) is 0.798. The summed E-state index contributed by atoms with van der Waals surface area (Å²) in [6.07, 6.45) is 2.67. The van der Waals surface area contributed by atoms with Crippen LogP contribution in [0.4, 0.5) is 0 Å². The van der Waals surface area contributed by atoms with Crippen molar-refractivity contribution in [2.24, 2.45) is 0 Å². The molecule has 0 aliphatic carbocycles. The van der Waals surface area contributed by atoms with Gasteiger partial charge in [0, 0.05) is 31.5 Å². The van der Waals surface area contributed by atoms with Crippen LogP contribution in [0.25, 0.3) is 0 Å². The summed E-state index contributed by atoms with van der Waals surface area (Å²) in [5.41, 5.74) is 1.57. The van der Waals surface area contributed by atoms with Crippen LogP contribution in [0.3, 0.4) is 0 Å². The number of carbonyl (C=O) groups is 1. The average molecular weight is 249 g/mol. The molecule has 0 saturated carbocycles. The molecule has 0 aliphatic rings. The highest BCUT2D eigenvalue weighted by Gasteiger charge is 2.17. The third kappa shape index (κ3) is 3.81. The number of pyridine rings is 1. The zero-order chi connectivity index (χ0) is 13.7. The van der Waals surface area contributed by atoms with Gasteiger partial charge in [-0.3, -0.25) is 9.78 Å². The van der Waals surface area contributed by atoms with Gasteiger partial charge in [0.1, 0.15) is 0 Å². The topological polar surface area (TPSA) is 36.4 Å². The Balaban J connectivity index is 2.69. The second-order valence-corrected chi connectivity index (χ2v) is 4.90. The van der Waals surface area contributed by atoms with Gasteiger partial charge < -0.3 is 9.80 Å². The smallest absolute Gasteiger partial charge is 0.255 e. The van der Waals surface area contributed by atoms with Crippen molar-refractivity contribution >= 4 is 5.91 Å². The van der Waals surface area contributed by atoms with E-state index in [2.05, 4.69) is 16.8 Å². The molecule has 4 heteroatoms. The minimum absolute atomic E-state index is 0.0304. The molecule has 0 aromatic carbocycles. The molecule has 1 rings (SSSR count). The Hall–Kier alpha value is -1.42. The van der Waals surface area contributed by atoms with Crippen LogP contribution in [0.5, 0.6) is 0 Å². The third-order valence-corrected chi connectivity index (χ3v) is 3.19. The molecule has 0 saturated heterocycles. The van der Waals surface area contributed by atoms with Crippen LogP contribution in [-0.4, -0.2) is 54.4 Å². The monoisotopic (exact) mass is 249 g/mol. The molecule has 0 aliphatic heterocycles. The van der Waals surface area contributed by atoms with Gasteiger partial charge in [-0.05, 0) is 39.6 Å². The van der Waals surface area contributed by atoms with Crippen LogP contribution in [-0.2, 0) is 0 Å². The molecule has 0 spiro atoms. The van der Waals surface area contributed by atoms with Gasteiger partial charge in [-0.2, -0.15) is 0 Å². The predicted molar refractivity (Wildman–Crippen MR) is 73.7 cm³/mol. The Morgan fingerprint density at radius 2 is 2.00 bits per heavy atom. The van der Waals surface area contributed by atoms with E-state index in [0.29, 0.717) is 11.6 Å². The first-order chi connectivity index (χ1) is 8.45. The van der Waals surface area contributed by atoms with Gasteiger partial charge in [0.2, 0.25) is 0 Å². The summed E-state index contributed by atoms with van der Waals surface area (Å²) in [4.78, 5) is 20.3. The van der Waals surface area contributed by atoms with Crippen LogP contribution >= 0.6 is 0 Å². The van der Waals surface area contributed by atoms with Gasteiger partial charge >= 0.3 is 0 Å². The van der Waals surface area contributed by atoms with Crippen LogP contribution < -0.4 is 0 Å². The molecule has 1 aromatic rings. The SMILES string of the molecule is CC[C@@H](CN(C)C(=O)c1ccc(C)nc1)N(C)C. The van der Waals surface area contributed by atoms with Gasteiger partial charge in [0.25, 0.3) is 5.91 Å². The molecule has 0 radical (unpaired) electrons. The van der Waals surface area contributed by atoms with Gasteiger partial charge in [-0.25, -0.2) is 0 Å². The minimum Gasteiger partial charge on any atom is -0.340 e. The lowest BCUT2D eigenvalue weighted by atomic mass is 10.1. The summed E-state index contributed by atoms with van der Waals surface area (Å²) >= 11 is 0. The van der Waals surface area contributed by atoms with E-state index in [9.17, 15) is 4.79 Å². The zero-order valence-corrected chi connectivity index (χ0v) is 12.0. The summed E-state index contributed by atoms with van der Waals surface area (Å²) in [6.45, 7) is 4.78. The van der Waals surface area contributed by atoms with E-state index in [1.165, 1.54) is 0 Å². The average Bonchev–Trinajstić information content (AvgIpc) is 2.35. The number of carbonyl (C=O) groups excluding carboxylic acids is 1. The molecular weight excluding hydrogens is 226 g/mol. The van der Waals surface area contributed by atoms with E-state index in [-0.39, 0.29) is 5.91 Å². The van der Waals surface area contributed by atoms with E-state index >= 15 is 0 Å². The molecule has 1 amide bonds. The second-order valence-electron chi connectivity index (χ2n) is 4.90. The lowest BCUT2D eigenvalue weighted by Crippen LogP contribution is -2.41. The van der Waals surface area contributed by atoms with Crippen molar-refractivity contribution in [3.63, 3.8) is 0 Å². The van der Waals surface area contributed by atoms with E-state index < -0.39 is 0 Å². The van der Waals surface area contributed by atoms with Crippen molar-refractivity contribution < 1.29 is 4.79 Å². The fourth-order valence-electron chi connectivity index (χ4n) is 1.87. The number of hydrogen-bond donors (Lipinski definition) is 0. The number of aryl methyl sites for hydroxylation is 1. The number of hydrogen-bond acceptors (Lipinski definition) is 3. The fourth-order valence-corrected chi connectivity index (χ4v) is 1.87. The highest BCUT2D eigenvalue weighted by Crippen LogP contribution is 2.07. The van der Waals surface area contributed by atoms with E-state index in [4.69, 9.17) is 0 Å². The molecular formula is C14H23N3O. The lowest BCUT2D eigenvalue weighted by Gasteiger charge is -2.28. The van der Waals surface area contributed by atoms with Gasteiger partial charge in [-0.1, -0.05) is 6.92 Å². The van der Waals surface area contributed by atoms with Crippen LogP contribution in [0.15, 0.2) is 18.3 Å². The summed E-state index contributed by atoms with van der Waals surface area (Å²) in [7, 11) is 5.92. The summed E-state index contributed by atoms with van der Waals surface area (Å²) in [5.74, 6) is 0.0304. The van der Waals surface area contributed by atoms with E-state index in [1.54, 1.807) is 11.1 Å². The van der Waals surface area contributed by atoms with Crippen molar-refractivity contribution in [2.75, 3.05) is 27.7 Å².